The zero-order valence-corrected chi connectivity index (χ0v) is 19.0. The summed E-state index contributed by atoms with van der Waals surface area (Å²) in [6.45, 7) is 8.59. The second-order valence-corrected chi connectivity index (χ2v) is 7.43. The first-order valence-electron chi connectivity index (χ1n) is 11.1. The quantitative estimate of drug-likeness (QED) is 0.337. The van der Waals surface area contributed by atoms with E-state index >= 15 is 0 Å². The number of aromatic nitrogens is 4. The smallest absolute Gasteiger partial charge is 0.320 e. The standard InChI is InChI=1S/C24H31N7O/c1-4-13-31(14-5-2)23-17-22(30-27-18-20-9-6-8-19(3)16-20)28-24(29-23)32-15-10-21-25-11-7-12-26-21/h6-9,11-12,16-18H,4-5,10,13-15H2,1-3H3,(H,28,29,30). The zero-order chi connectivity index (χ0) is 22.6. The Morgan fingerprint density at radius 2 is 1.81 bits per heavy atom. The Labute approximate surface area is 189 Å². The normalized spacial score (nSPS) is 11.0. The molecule has 1 aromatic carbocycles. The third-order valence-corrected chi connectivity index (χ3v) is 4.61. The molecule has 32 heavy (non-hydrogen) atoms. The van der Waals surface area contributed by atoms with Crippen LogP contribution in [0.3, 0.4) is 0 Å². The molecular weight excluding hydrogens is 402 g/mol. The molecule has 1 N–H and O–H groups in total. The largest absolute Gasteiger partial charge is 0.463 e. The Morgan fingerprint density at radius 1 is 1.03 bits per heavy atom. The van der Waals surface area contributed by atoms with Crippen molar-refractivity contribution < 1.29 is 4.74 Å². The average molecular weight is 434 g/mol. The molecule has 8 nitrogen and oxygen atoms in total. The Bertz CT molecular complexity index is 989. The van der Waals surface area contributed by atoms with E-state index in [1.807, 2.05) is 18.2 Å². The van der Waals surface area contributed by atoms with Crippen LogP contribution in [0, 0.1) is 6.92 Å². The highest BCUT2D eigenvalue weighted by Crippen LogP contribution is 2.20. The lowest BCUT2D eigenvalue weighted by atomic mass is 10.2. The van der Waals surface area contributed by atoms with Crippen molar-refractivity contribution in [1.82, 2.24) is 19.9 Å². The average Bonchev–Trinajstić information content (AvgIpc) is 2.80. The van der Waals surface area contributed by atoms with Gasteiger partial charge in [0.2, 0.25) is 0 Å². The Morgan fingerprint density at radius 3 is 2.53 bits per heavy atom. The van der Waals surface area contributed by atoms with Gasteiger partial charge >= 0.3 is 6.01 Å². The van der Waals surface area contributed by atoms with Crippen LogP contribution < -0.4 is 15.1 Å². The molecule has 0 atom stereocenters. The number of rotatable bonds is 12. The second kappa shape index (κ2) is 12.3. The Balaban J connectivity index is 1.75. The van der Waals surface area contributed by atoms with Crippen LogP contribution in [0.4, 0.5) is 11.6 Å². The number of nitrogens with one attached hydrogen (secondary N) is 1. The van der Waals surface area contributed by atoms with E-state index in [1.54, 1.807) is 24.7 Å². The number of ether oxygens (including phenoxy) is 1. The van der Waals surface area contributed by atoms with Gasteiger partial charge < -0.3 is 9.64 Å². The fraction of sp³-hybridized carbons (Fsp3) is 0.375. The summed E-state index contributed by atoms with van der Waals surface area (Å²) >= 11 is 0. The van der Waals surface area contributed by atoms with Crippen molar-refractivity contribution in [3.63, 3.8) is 0 Å². The van der Waals surface area contributed by atoms with Crippen LogP contribution in [0.25, 0.3) is 0 Å². The number of hydrogen-bond donors (Lipinski definition) is 1. The van der Waals surface area contributed by atoms with E-state index < -0.39 is 0 Å². The third-order valence-electron chi connectivity index (χ3n) is 4.61. The number of benzene rings is 1. The Kier molecular flexibility index (Phi) is 8.92. The molecule has 0 aliphatic rings. The molecule has 3 aromatic rings. The topological polar surface area (TPSA) is 88.4 Å². The first-order chi connectivity index (χ1) is 15.7. The van der Waals surface area contributed by atoms with E-state index in [0.717, 1.165) is 43.1 Å². The maximum absolute atomic E-state index is 5.86. The SMILES string of the molecule is CCCN(CCC)c1cc(NN=Cc2cccc(C)c2)nc(OCCc2ncccn2)n1. The summed E-state index contributed by atoms with van der Waals surface area (Å²) in [5.74, 6) is 2.13. The van der Waals surface area contributed by atoms with Crippen LogP contribution >= 0.6 is 0 Å². The van der Waals surface area contributed by atoms with Gasteiger partial charge in [-0.2, -0.15) is 15.1 Å². The molecule has 0 radical (unpaired) electrons. The van der Waals surface area contributed by atoms with E-state index in [0.29, 0.717) is 24.9 Å². The van der Waals surface area contributed by atoms with Crippen molar-refractivity contribution in [2.75, 3.05) is 30.0 Å². The van der Waals surface area contributed by atoms with Crippen LogP contribution in [-0.2, 0) is 6.42 Å². The highest BCUT2D eigenvalue weighted by atomic mass is 16.5. The van der Waals surface area contributed by atoms with Gasteiger partial charge in [0.25, 0.3) is 0 Å². The van der Waals surface area contributed by atoms with Crippen LogP contribution in [0.5, 0.6) is 6.01 Å². The number of hydrogen-bond acceptors (Lipinski definition) is 8. The molecule has 0 saturated heterocycles. The fourth-order valence-corrected chi connectivity index (χ4v) is 3.19. The molecule has 0 aliphatic heterocycles. The highest BCUT2D eigenvalue weighted by Gasteiger charge is 2.12. The lowest BCUT2D eigenvalue weighted by molar-refractivity contribution is 0.294. The number of anilines is 2. The number of aryl methyl sites for hydroxylation is 1. The molecule has 0 aliphatic carbocycles. The zero-order valence-electron chi connectivity index (χ0n) is 19.0. The van der Waals surface area contributed by atoms with E-state index in [4.69, 9.17) is 4.74 Å². The Hall–Kier alpha value is -3.55. The summed E-state index contributed by atoms with van der Waals surface area (Å²) in [5.41, 5.74) is 5.23. The van der Waals surface area contributed by atoms with Gasteiger partial charge in [0.15, 0.2) is 5.82 Å². The summed E-state index contributed by atoms with van der Waals surface area (Å²) in [6, 6.07) is 12.2. The van der Waals surface area contributed by atoms with Gasteiger partial charge in [-0.25, -0.2) is 9.97 Å². The van der Waals surface area contributed by atoms with Crippen molar-refractivity contribution in [1.29, 1.82) is 0 Å². The maximum atomic E-state index is 5.86. The predicted octanol–water partition coefficient (Wildman–Crippen LogP) is 4.27. The molecule has 168 valence electrons. The summed E-state index contributed by atoms with van der Waals surface area (Å²) in [5, 5.41) is 4.36. The lowest BCUT2D eigenvalue weighted by Crippen LogP contribution is -2.26. The molecule has 0 spiro atoms. The van der Waals surface area contributed by atoms with Crippen molar-refractivity contribution in [2.45, 2.75) is 40.0 Å². The van der Waals surface area contributed by atoms with Gasteiger partial charge in [-0.15, -0.1) is 0 Å². The molecule has 0 saturated carbocycles. The molecule has 2 aromatic heterocycles. The van der Waals surface area contributed by atoms with Crippen LogP contribution in [0.2, 0.25) is 0 Å². The van der Waals surface area contributed by atoms with E-state index in [-0.39, 0.29) is 0 Å². The highest BCUT2D eigenvalue weighted by molar-refractivity contribution is 5.80. The minimum atomic E-state index is 0.309. The minimum absolute atomic E-state index is 0.309. The molecule has 0 fully saturated rings. The van der Waals surface area contributed by atoms with Gasteiger partial charge in [-0.3, -0.25) is 5.43 Å². The maximum Gasteiger partial charge on any atom is 0.320 e. The predicted molar refractivity (Wildman–Crippen MR) is 128 cm³/mol. The molecule has 8 heteroatoms. The lowest BCUT2D eigenvalue weighted by Gasteiger charge is -2.23. The number of hydrazone groups is 1. The summed E-state index contributed by atoms with van der Waals surface area (Å²) < 4.78 is 5.86. The summed E-state index contributed by atoms with van der Waals surface area (Å²) in [4.78, 5) is 19.8. The van der Waals surface area contributed by atoms with Gasteiger partial charge in [-0.05, 0) is 31.4 Å². The van der Waals surface area contributed by atoms with Gasteiger partial charge in [-0.1, -0.05) is 43.7 Å². The first kappa shape index (κ1) is 23.1. The fourth-order valence-electron chi connectivity index (χ4n) is 3.19. The molecular formula is C24H31N7O. The van der Waals surface area contributed by atoms with Crippen molar-refractivity contribution in [3.05, 3.63) is 65.7 Å². The monoisotopic (exact) mass is 433 g/mol. The second-order valence-electron chi connectivity index (χ2n) is 7.43. The molecule has 2 heterocycles. The van der Waals surface area contributed by atoms with Crippen molar-refractivity contribution >= 4 is 17.9 Å². The van der Waals surface area contributed by atoms with Crippen LogP contribution in [0.15, 0.2) is 53.9 Å². The molecule has 0 bridgehead atoms. The number of nitrogens with zero attached hydrogens (tertiary/aromatic N) is 6. The van der Waals surface area contributed by atoms with Gasteiger partial charge in [0, 0.05) is 38.0 Å². The molecule has 0 amide bonds. The minimum Gasteiger partial charge on any atom is -0.463 e. The van der Waals surface area contributed by atoms with Crippen LogP contribution in [-0.4, -0.2) is 45.8 Å². The van der Waals surface area contributed by atoms with E-state index in [2.05, 4.69) is 68.3 Å². The van der Waals surface area contributed by atoms with Crippen LogP contribution in [0.1, 0.15) is 43.6 Å². The van der Waals surface area contributed by atoms with Crippen molar-refractivity contribution in [2.24, 2.45) is 5.10 Å². The summed E-state index contributed by atoms with van der Waals surface area (Å²) in [6.07, 6.45) is 7.86. The van der Waals surface area contributed by atoms with Gasteiger partial charge in [0.1, 0.15) is 11.6 Å². The first-order valence-corrected chi connectivity index (χ1v) is 11.1. The van der Waals surface area contributed by atoms with E-state index in [1.165, 1.54) is 5.56 Å². The van der Waals surface area contributed by atoms with E-state index in [9.17, 15) is 0 Å². The molecule has 3 rings (SSSR count). The third kappa shape index (κ3) is 7.30. The molecule has 0 unspecified atom stereocenters. The van der Waals surface area contributed by atoms with Crippen molar-refractivity contribution in [3.8, 4) is 6.01 Å². The van der Waals surface area contributed by atoms with Gasteiger partial charge in [0.05, 0.1) is 12.8 Å². The summed E-state index contributed by atoms with van der Waals surface area (Å²) in [7, 11) is 0.